The second-order valence-corrected chi connectivity index (χ2v) is 6.02. The number of rotatable bonds is 7. The van der Waals surface area contributed by atoms with Crippen molar-refractivity contribution in [3.8, 4) is 0 Å². The van der Waals surface area contributed by atoms with E-state index in [0.29, 0.717) is 5.56 Å². The maximum Gasteiger partial charge on any atom is 0.294 e. The minimum absolute atomic E-state index is 0.0177. The van der Waals surface area contributed by atoms with E-state index in [1.807, 2.05) is 0 Å². The monoisotopic (exact) mass is 314 g/mol. The molecular formula is C13H18N2O5S. The first kappa shape index (κ1) is 17.3. The zero-order valence-electron chi connectivity index (χ0n) is 11.6. The van der Waals surface area contributed by atoms with Gasteiger partial charge in [-0.2, -0.15) is 8.42 Å². The average Bonchev–Trinajstić information content (AvgIpc) is 2.43. The molecule has 8 heteroatoms. The quantitative estimate of drug-likeness (QED) is 0.603. The van der Waals surface area contributed by atoms with E-state index in [2.05, 4.69) is 5.32 Å². The Labute approximate surface area is 123 Å². The Hall–Kier alpha value is -1.77. The molecule has 1 amide bonds. The van der Waals surface area contributed by atoms with E-state index in [1.165, 1.54) is 25.2 Å². The molecule has 0 radical (unpaired) electrons. The summed E-state index contributed by atoms with van der Waals surface area (Å²) in [6.45, 7) is 0. The number of ketones is 1. The molecule has 4 N–H and O–H groups in total. The molecule has 0 aliphatic carbocycles. The van der Waals surface area contributed by atoms with Crippen LogP contribution in [0.25, 0.3) is 0 Å². The molecule has 0 aliphatic heterocycles. The van der Waals surface area contributed by atoms with Gasteiger partial charge in [0, 0.05) is 19.9 Å². The third-order valence-corrected chi connectivity index (χ3v) is 3.76. The zero-order valence-corrected chi connectivity index (χ0v) is 12.4. The Morgan fingerprint density at radius 3 is 2.62 bits per heavy atom. The molecule has 7 nitrogen and oxygen atoms in total. The smallest absolute Gasteiger partial charge is 0.294 e. The lowest BCUT2D eigenvalue weighted by molar-refractivity contribution is -0.122. The van der Waals surface area contributed by atoms with Crippen LogP contribution in [-0.4, -0.2) is 37.8 Å². The predicted molar refractivity (Wildman–Crippen MR) is 76.2 cm³/mol. The highest BCUT2D eigenvalue weighted by molar-refractivity contribution is 7.85. The first-order chi connectivity index (χ1) is 9.74. The maximum atomic E-state index is 11.8. The largest absolute Gasteiger partial charge is 0.358 e. The van der Waals surface area contributed by atoms with Crippen molar-refractivity contribution in [2.75, 3.05) is 7.05 Å². The second-order valence-electron chi connectivity index (χ2n) is 4.60. The first-order valence-corrected chi connectivity index (χ1v) is 7.73. The Kier molecular flexibility index (Phi) is 6.01. The van der Waals surface area contributed by atoms with Gasteiger partial charge in [0.1, 0.15) is 5.78 Å². The molecule has 21 heavy (non-hydrogen) atoms. The summed E-state index contributed by atoms with van der Waals surface area (Å²) in [4.78, 5) is 22.7. The van der Waals surface area contributed by atoms with E-state index in [0.717, 1.165) is 0 Å². The highest BCUT2D eigenvalue weighted by atomic mass is 32.2. The van der Waals surface area contributed by atoms with Crippen molar-refractivity contribution < 1.29 is 22.6 Å². The van der Waals surface area contributed by atoms with Crippen LogP contribution in [0.1, 0.15) is 18.4 Å². The number of benzene rings is 1. The van der Waals surface area contributed by atoms with E-state index >= 15 is 0 Å². The number of carbonyl (C=O) groups excluding carboxylic acids is 2. The van der Waals surface area contributed by atoms with Gasteiger partial charge < -0.3 is 11.1 Å². The van der Waals surface area contributed by atoms with Crippen molar-refractivity contribution in [1.29, 1.82) is 0 Å². The number of hydrogen-bond acceptors (Lipinski definition) is 5. The lowest BCUT2D eigenvalue weighted by Crippen LogP contribution is -2.38. The Morgan fingerprint density at radius 1 is 1.38 bits per heavy atom. The minimum Gasteiger partial charge on any atom is -0.358 e. The van der Waals surface area contributed by atoms with Crippen LogP contribution in [0.3, 0.4) is 0 Å². The van der Waals surface area contributed by atoms with Crippen LogP contribution in [0, 0.1) is 0 Å². The Morgan fingerprint density at radius 2 is 2.05 bits per heavy atom. The summed E-state index contributed by atoms with van der Waals surface area (Å²) >= 11 is 0. The fourth-order valence-electron chi connectivity index (χ4n) is 1.76. The summed E-state index contributed by atoms with van der Waals surface area (Å²) in [6.07, 6.45) is 0.352. The fourth-order valence-corrected chi connectivity index (χ4v) is 2.32. The Balaban J connectivity index is 2.62. The van der Waals surface area contributed by atoms with Gasteiger partial charge in [-0.1, -0.05) is 12.1 Å². The molecule has 1 rings (SSSR count). The lowest BCUT2D eigenvalue weighted by Gasteiger charge is -2.09. The van der Waals surface area contributed by atoms with Gasteiger partial charge in [0.25, 0.3) is 10.1 Å². The normalized spacial score (nSPS) is 12.7. The topological polar surface area (TPSA) is 127 Å². The van der Waals surface area contributed by atoms with Gasteiger partial charge in [-0.05, 0) is 24.1 Å². The van der Waals surface area contributed by atoms with E-state index in [4.69, 9.17) is 10.3 Å². The molecule has 0 spiro atoms. The summed E-state index contributed by atoms with van der Waals surface area (Å²) in [7, 11) is -2.82. The van der Waals surface area contributed by atoms with Crippen LogP contribution in [0.2, 0.25) is 0 Å². The van der Waals surface area contributed by atoms with E-state index in [9.17, 15) is 18.0 Å². The fraction of sp³-hybridized carbons (Fsp3) is 0.385. The number of amides is 1. The highest BCUT2D eigenvalue weighted by Gasteiger charge is 2.15. The van der Waals surface area contributed by atoms with Gasteiger partial charge in [0.2, 0.25) is 5.91 Å². The van der Waals surface area contributed by atoms with Crippen molar-refractivity contribution in [3.05, 3.63) is 29.8 Å². The molecule has 0 heterocycles. The molecule has 0 aromatic heterocycles. The number of Topliss-reactive ketones (excluding diaryl/α,β-unsaturated/α-hetero) is 1. The molecule has 0 fully saturated rings. The van der Waals surface area contributed by atoms with Crippen molar-refractivity contribution in [2.45, 2.75) is 30.2 Å². The SMILES string of the molecule is CNC(=O)[C@@H](N)CCC(=O)Cc1cccc(S(=O)(=O)O)c1. The van der Waals surface area contributed by atoms with Crippen LogP contribution >= 0.6 is 0 Å². The van der Waals surface area contributed by atoms with Crippen LogP contribution in [-0.2, 0) is 26.1 Å². The van der Waals surface area contributed by atoms with Crippen molar-refractivity contribution >= 4 is 21.8 Å². The highest BCUT2D eigenvalue weighted by Crippen LogP contribution is 2.12. The van der Waals surface area contributed by atoms with E-state index in [-0.39, 0.29) is 35.8 Å². The second kappa shape index (κ2) is 7.30. The van der Waals surface area contributed by atoms with Gasteiger partial charge in [-0.15, -0.1) is 0 Å². The number of carbonyl (C=O) groups is 2. The van der Waals surface area contributed by atoms with Crippen molar-refractivity contribution in [3.63, 3.8) is 0 Å². The van der Waals surface area contributed by atoms with E-state index < -0.39 is 16.2 Å². The molecule has 0 saturated heterocycles. The van der Waals surface area contributed by atoms with Crippen molar-refractivity contribution in [2.24, 2.45) is 5.73 Å². The predicted octanol–water partition coefficient (Wildman–Crippen LogP) is -0.102. The summed E-state index contributed by atoms with van der Waals surface area (Å²) in [5.41, 5.74) is 6.05. The third-order valence-electron chi connectivity index (χ3n) is 2.91. The number of nitrogens with two attached hydrogens (primary N) is 1. The van der Waals surface area contributed by atoms with Gasteiger partial charge in [-0.3, -0.25) is 14.1 Å². The van der Waals surface area contributed by atoms with Gasteiger partial charge in [0.15, 0.2) is 0 Å². The molecule has 0 aliphatic rings. The Bertz CT molecular complexity index is 627. The molecule has 0 unspecified atom stereocenters. The summed E-state index contributed by atoms with van der Waals surface area (Å²) in [5.74, 6) is -0.502. The lowest BCUT2D eigenvalue weighted by atomic mass is 10.0. The van der Waals surface area contributed by atoms with Crippen LogP contribution in [0.4, 0.5) is 0 Å². The summed E-state index contributed by atoms with van der Waals surface area (Å²) < 4.78 is 30.9. The van der Waals surface area contributed by atoms with Crippen LogP contribution in [0.15, 0.2) is 29.2 Å². The summed E-state index contributed by atoms with van der Waals surface area (Å²) in [5, 5.41) is 2.39. The van der Waals surface area contributed by atoms with E-state index in [1.54, 1.807) is 6.07 Å². The van der Waals surface area contributed by atoms with Crippen molar-refractivity contribution in [1.82, 2.24) is 5.32 Å². The first-order valence-electron chi connectivity index (χ1n) is 6.29. The van der Waals surface area contributed by atoms with Crippen LogP contribution in [0.5, 0.6) is 0 Å². The molecule has 0 saturated carbocycles. The minimum atomic E-state index is -4.29. The summed E-state index contributed by atoms with van der Waals surface area (Å²) in [6, 6.07) is 4.77. The molecule has 116 valence electrons. The molecule has 1 aromatic rings. The third kappa shape index (κ3) is 5.62. The van der Waals surface area contributed by atoms with Gasteiger partial charge in [-0.25, -0.2) is 0 Å². The average molecular weight is 314 g/mol. The maximum absolute atomic E-state index is 11.8. The van der Waals surface area contributed by atoms with Gasteiger partial charge >= 0.3 is 0 Å². The standard InChI is InChI=1S/C13H18N2O5S/c1-15-13(17)12(14)6-5-10(16)7-9-3-2-4-11(8-9)21(18,19)20/h2-4,8,12H,5-7,14H2,1H3,(H,15,17)(H,18,19,20)/t12-/m0/s1. The van der Waals surface area contributed by atoms with Gasteiger partial charge in [0.05, 0.1) is 10.9 Å². The molecule has 1 atom stereocenters. The number of nitrogens with one attached hydrogen (secondary N) is 1. The number of hydrogen-bond donors (Lipinski definition) is 3. The number of likely N-dealkylation sites (N-methyl/N-ethyl adjacent to an activating group) is 1. The molecule has 0 bridgehead atoms. The molecule has 1 aromatic carbocycles. The zero-order chi connectivity index (χ0) is 16.0. The molecular weight excluding hydrogens is 296 g/mol. The van der Waals surface area contributed by atoms with Crippen LogP contribution < -0.4 is 11.1 Å².